The number of amides is 1. The fraction of sp³-hybridized carbons (Fsp3) is 0.108. The van der Waals surface area contributed by atoms with E-state index < -0.39 is 14.4 Å². The third-order valence-electron chi connectivity index (χ3n) is 7.37. The van der Waals surface area contributed by atoms with Gasteiger partial charge in [0, 0.05) is 16.3 Å². The minimum atomic E-state index is -2.65. The molecule has 0 bridgehead atoms. The van der Waals surface area contributed by atoms with Gasteiger partial charge in [-0.3, -0.25) is 4.79 Å². The second-order valence-electron chi connectivity index (χ2n) is 10.2. The molecule has 0 aromatic heterocycles. The maximum absolute atomic E-state index is 13.5. The number of methoxy groups -OCH3 is 1. The van der Waals surface area contributed by atoms with Crippen molar-refractivity contribution >= 4 is 41.9 Å². The molecule has 5 aromatic rings. The van der Waals surface area contributed by atoms with Crippen LogP contribution in [0.1, 0.15) is 11.7 Å². The summed E-state index contributed by atoms with van der Waals surface area (Å²) in [6.07, 6.45) is 4.51. The quantitative estimate of drug-likeness (QED) is 0.127. The summed E-state index contributed by atoms with van der Waals surface area (Å²) < 4.78 is 18.5. The van der Waals surface area contributed by atoms with Crippen LogP contribution >= 0.6 is 11.6 Å². The smallest absolute Gasteiger partial charge is 0.311 e. The number of rotatable bonds is 11. The fourth-order valence-corrected chi connectivity index (χ4v) is 8.03. The first kappa shape index (κ1) is 30.6. The molecule has 1 amide bonds. The van der Waals surface area contributed by atoms with Crippen molar-refractivity contribution in [1.82, 2.24) is 0 Å². The van der Waals surface area contributed by atoms with E-state index in [-0.39, 0.29) is 12.5 Å². The van der Waals surface area contributed by atoms with Crippen molar-refractivity contribution in [3.8, 4) is 35.0 Å². The Balaban J connectivity index is 1.46. The second-order valence-corrected chi connectivity index (χ2v) is 14.1. The van der Waals surface area contributed by atoms with Gasteiger partial charge in [0.15, 0.2) is 11.9 Å². The standard InChI is InChI=1S/C37H32ClNO4Si/c1-4-25-42-36(27-19-22-29(38)23-20-27)37(40)39-33-18-12-11-17-32(33)28-21-24-34(35(26-28)41-2)43-44(3,30-13-7-5-8-14-30)31-15-9-6-10-16-31/h1,5-24,26,36H,25H2,2-3H3,(H,39,40). The van der Waals surface area contributed by atoms with Gasteiger partial charge in [0.2, 0.25) is 0 Å². The van der Waals surface area contributed by atoms with Crippen molar-refractivity contribution in [2.75, 3.05) is 19.0 Å². The molecule has 0 aliphatic rings. The molecule has 220 valence electrons. The highest BCUT2D eigenvalue weighted by Gasteiger charge is 2.37. The zero-order chi connectivity index (χ0) is 30.9. The molecule has 0 fully saturated rings. The summed E-state index contributed by atoms with van der Waals surface area (Å²) in [6, 6.07) is 40.9. The third kappa shape index (κ3) is 6.87. The van der Waals surface area contributed by atoms with Crippen molar-refractivity contribution in [3.63, 3.8) is 0 Å². The molecule has 0 saturated heterocycles. The number of carbonyl (C=O) groups is 1. The maximum atomic E-state index is 13.5. The van der Waals surface area contributed by atoms with Gasteiger partial charge in [0.05, 0.1) is 7.11 Å². The predicted molar refractivity (Wildman–Crippen MR) is 180 cm³/mol. The third-order valence-corrected chi connectivity index (χ3v) is 11.1. The van der Waals surface area contributed by atoms with Gasteiger partial charge in [-0.05, 0) is 58.4 Å². The molecule has 44 heavy (non-hydrogen) atoms. The van der Waals surface area contributed by atoms with E-state index in [2.05, 4.69) is 42.0 Å². The number of carbonyl (C=O) groups excluding carboxylic acids is 1. The summed E-state index contributed by atoms with van der Waals surface area (Å²) in [6.45, 7) is 2.17. The number of hydrogen-bond acceptors (Lipinski definition) is 4. The summed E-state index contributed by atoms with van der Waals surface area (Å²) in [5, 5.41) is 5.89. The minimum Gasteiger partial charge on any atom is -0.532 e. The number of halogens is 1. The molecule has 1 atom stereocenters. The molecule has 0 heterocycles. The van der Waals surface area contributed by atoms with E-state index in [0.717, 1.165) is 21.5 Å². The van der Waals surface area contributed by atoms with E-state index in [1.807, 2.05) is 78.9 Å². The predicted octanol–water partition coefficient (Wildman–Crippen LogP) is 7.11. The van der Waals surface area contributed by atoms with E-state index in [4.69, 9.17) is 31.9 Å². The summed E-state index contributed by atoms with van der Waals surface area (Å²) in [7, 11) is -1.02. The van der Waals surface area contributed by atoms with Crippen LogP contribution in [-0.4, -0.2) is 27.9 Å². The normalized spacial score (nSPS) is 11.7. The van der Waals surface area contributed by atoms with Crippen molar-refractivity contribution in [3.05, 3.63) is 138 Å². The molecule has 5 nitrogen and oxygen atoms in total. The van der Waals surface area contributed by atoms with Crippen LogP contribution in [0.5, 0.6) is 11.5 Å². The van der Waals surface area contributed by atoms with E-state index in [1.165, 1.54) is 0 Å². The molecule has 0 aliphatic heterocycles. The van der Waals surface area contributed by atoms with E-state index >= 15 is 0 Å². The highest BCUT2D eigenvalue weighted by atomic mass is 35.5. The number of benzene rings is 5. The van der Waals surface area contributed by atoms with Crippen LogP contribution in [0.15, 0.2) is 127 Å². The average Bonchev–Trinajstić information content (AvgIpc) is 3.07. The molecule has 1 unspecified atom stereocenters. The molecule has 0 saturated carbocycles. The van der Waals surface area contributed by atoms with Gasteiger partial charge >= 0.3 is 8.32 Å². The van der Waals surface area contributed by atoms with Gasteiger partial charge in [0.25, 0.3) is 5.91 Å². The Labute approximate surface area is 264 Å². The molecule has 7 heteroatoms. The monoisotopic (exact) mass is 617 g/mol. The SMILES string of the molecule is C#CCOC(C(=O)Nc1ccccc1-c1ccc(O[Si](C)(c2ccccc2)c2ccccc2)c(OC)c1)c1ccc(Cl)cc1. The first-order chi connectivity index (χ1) is 21.4. The summed E-state index contributed by atoms with van der Waals surface area (Å²) >= 11 is 6.06. The second kappa shape index (κ2) is 14.1. The number of anilines is 1. The Morgan fingerprint density at radius 1 is 0.841 bits per heavy atom. The van der Waals surface area contributed by atoms with Gasteiger partial charge in [-0.2, -0.15) is 0 Å². The van der Waals surface area contributed by atoms with Crippen LogP contribution in [0.4, 0.5) is 5.69 Å². The highest BCUT2D eigenvalue weighted by molar-refractivity contribution is 6.97. The molecule has 5 rings (SSSR count). The number of ether oxygens (including phenoxy) is 2. The Morgan fingerprint density at radius 3 is 2.07 bits per heavy atom. The molecule has 5 aromatic carbocycles. The van der Waals surface area contributed by atoms with Crippen LogP contribution < -0.4 is 24.9 Å². The number of nitrogens with one attached hydrogen (secondary N) is 1. The summed E-state index contributed by atoms with van der Waals surface area (Å²) in [5.74, 6) is 3.32. The van der Waals surface area contributed by atoms with Crippen molar-refractivity contribution < 1.29 is 18.7 Å². The van der Waals surface area contributed by atoms with Crippen molar-refractivity contribution in [2.24, 2.45) is 0 Å². The topological polar surface area (TPSA) is 56.8 Å². The first-order valence-corrected chi connectivity index (χ1v) is 16.9. The van der Waals surface area contributed by atoms with Gasteiger partial charge in [-0.1, -0.05) is 115 Å². The fourth-order valence-electron chi connectivity index (χ4n) is 5.07. The van der Waals surface area contributed by atoms with Crippen LogP contribution in [0.2, 0.25) is 11.6 Å². The van der Waals surface area contributed by atoms with Crippen LogP contribution in [0, 0.1) is 12.3 Å². The van der Waals surface area contributed by atoms with E-state index in [0.29, 0.717) is 27.8 Å². The summed E-state index contributed by atoms with van der Waals surface area (Å²) in [4.78, 5) is 13.5. The summed E-state index contributed by atoms with van der Waals surface area (Å²) in [5.41, 5.74) is 2.92. The van der Waals surface area contributed by atoms with Gasteiger partial charge in [0.1, 0.15) is 12.4 Å². The lowest BCUT2D eigenvalue weighted by molar-refractivity contribution is -0.126. The molecular weight excluding hydrogens is 586 g/mol. The zero-order valence-electron chi connectivity index (χ0n) is 24.5. The molecule has 0 radical (unpaired) electrons. The largest absolute Gasteiger partial charge is 0.532 e. The Hall–Kier alpha value is -4.80. The van der Waals surface area contributed by atoms with Crippen LogP contribution in [0.3, 0.4) is 0 Å². The van der Waals surface area contributed by atoms with Gasteiger partial charge in [-0.15, -0.1) is 6.42 Å². The van der Waals surface area contributed by atoms with E-state index in [1.54, 1.807) is 31.4 Å². The van der Waals surface area contributed by atoms with Crippen molar-refractivity contribution in [1.29, 1.82) is 0 Å². The number of para-hydroxylation sites is 1. The number of terminal acetylenes is 1. The van der Waals surface area contributed by atoms with Gasteiger partial charge in [-0.25, -0.2) is 0 Å². The Bertz CT molecular complexity index is 1720. The van der Waals surface area contributed by atoms with Crippen molar-refractivity contribution in [2.45, 2.75) is 12.7 Å². The minimum absolute atomic E-state index is 0.0186. The first-order valence-electron chi connectivity index (χ1n) is 14.1. The lowest BCUT2D eigenvalue weighted by Crippen LogP contribution is -2.60. The number of hydrogen-bond donors (Lipinski definition) is 1. The lowest BCUT2D eigenvalue weighted by atomic mass is 10.0. The lowest BCUT2D eigenvalue weighted by Gasteiger charge is -2.30. The highest BCUT2D eigenvalue weighted by Crippen LogP contribution is 2.37. The van der Waals surface area contributed by atoms with Crippen LogP contribution in [-0.2, 0) is 9.53 Å². The average molecular weight is 618 g/mol. The maximum Gasteiger partial charge on any atom is 0.311 e. The molecular formula is C37H32ClNO4Si. The van der Waals surface area contributed by atoms with Gasteiger partial charge < -0.3 is 19.2 Å². The van der Waals surface area contributed by atoms with Crippen LogP contribution in [0.25, 0.3) is 11.1 Å². The molecule has 0 spiro atoms. The molecule has 1 N–H and O–H groups in total. The van der Waals surface area contributed by atoms with E-state index in [9.17, 15) is 4.79 Å². The molecule has 0 aliphatic carbocycles. The Morgan fingerprint density at radius 2 is 1.45 bits per heavy atom. The zero-order valence-corrected chi connectivity index (χ0v) is 26.3. The Kier molecular flexibility index (Phi) is 9.83.